The fraction of sp³-hybridized carbons (Fsp3) is 0.500. The Morgan fingerprint density at radius 2 is 1.57 bits per heavy atom. The van der Waals surface area contributed by atoms with Crippen molar-refractivity contribution < 1.29 is 19.0 Å². The summed E-state index contributed by atoms with van der Waals surface area (Å²) in [6.45, 7) is 8.69. The monoisotopic (exact) mass is 475 g/mol. The van der Waals surface area contributed by atoms with Crippen molar-refractivity contribution in [2.24, 2.45) is 0 Å². The summed E-state index contributed by atoms with van der Waals surface area (Å²) in [4.78, 5) is 13.5. The number of rotatable bonds is 6. The van der Waals surface area contributed by atoms with E-state index in [1.165, 1.54) is 5.56 Å². The zero-order valence-corrected chi connectivity index (χ0v) is 21.2. The highest BCUT2D eigenvalue weighted by molar-refractivity contribution is 6.20. The van der Waals surface area contributed by atoms with Crippen molar-refractivity contribution in [1.82, 2.24) is 5.32 Å². The second-order valence-corrected chi connectivity index (χ2v) is 10.4. The molecule has 0 atom stereocenters. The molecule has 1 spiro atoms. The van der Waals surface area contributed by atoms with E-state index in [1.54, 1.807) is 0 Å². The van der Waals surface area contributed by atoms with Crippen LogP contribution in [-0.4, -0.2) is 36.9 Å². The van der Waals surface area contributed by atoms with Gasteiger partial charge in [0.1, 0.15) is 12.2 Å². The number of benzene rings is 2. The maximum atomic E-state index is 13.5. The summed E-state index contributed by atoms with van der Waals surface area (Å²) in [5.41, 5.74) is 5.27. The number of ether oxygens (including phenoxy) is 3. The third kappa shape index (κ3) is 5.03. The summed E-state index contributed by atoms with van der Waals surface area (Å²) in [7, 11) is 0. The van der Waals surface area contributed by atoms with Crippen molar-refractivity contribution >= 4 is 11.5 Å². The van der Waals surface area contributed by atoms with Gasteiger partial charge < -0.3 is 19.5 Å². The van der Waals surface area contributed by atoms with E-state index in [0.29, 0.717) is 24.0 Å². The zero-order valence-electron chi connectivity index (χ0n) is 21.2. The van der Waals surface area contributed by atoms with Gasteiger partial charge in [-0.2, -0.15) is 0 Å². The maximum absolute atomic E-state index is 13.5. The SMILES string of the molecule is Cc1cc(C)c(C2=C(OCc3ccccc3)[C@]3(CC[C@H](OC4CCNCC4)CC3)OC2=O)c(C)c1. The van der Waals surface area contributed by atoms with Crippen molar-refractivity contribution in [1.29, 1.82) is 0 Å². The molecule has 35 heavy (non-hydrogen) atoms. The number of nitrogens with one attached hydrogen (secondary N) is 1. The minimum Gasteiger partial charge on any atom is -0.488 e. The van der Waals surface area contributed by atoms with Gasteiger partial charge in [0.25, 0.3) is 0 Å². The number of aryl methyl sites for hydroxylation is 3. The van der Waals surface area contributed by atoms with Crippen molar-refractivity contribution in [2.75, 3.05) is 13.1 Å². The van der Waals surface area contributed by atoms with E-state index in [1.807, 2.05) is 18.2 Å². The van der Waals surface area contributed by atoms with Crippen molar-refractivity contribution in [3.63, 3.8) is 0 Å². The van der Waals surface area contributed by atoms with E-state index in [-0.39, 0.29) is 12.1 Å². The summed E-state index contributed by atoms with van der Waals surface area (Å²) < 4.78 is 19.2. The average Bonchev–Trinajstić information content (AvgIpc) is 3.10. The molecule has 2 aromatic rings. The number of hydrogen-bond acceptors (Lipinski definition) is 5. The molecule has 0 bridgehead atoms. The minimum absolute atomic E-state index is 0.213. The van der Waals surface area contributed by atoms with Gasteiger partial charge >= 0.3 is 5.97 Å². The fourth-order valence-electron chi connectivity index (χ4n) is 6.05. The van der Waals surface area contributed by atoms with Crippen molar-refractivity contribution in [3.8, 4) is 0 Å². The Morgan fingerprint density at radius 1 is 0.943 bits per heavy atom. The molecule has 0 radical (unpaired) electrons. The van der Waals surface area contributed by atoms with Gasteiger partial charge in [0.15, 0.2) is 11.4 Å². The first-order chi connectivity index (χ1) is 16.9. The molecule has 2 fully saturated rings. The number of piperidine rings is 1. The Hall–Kier alpha value is -2.63. The molecule has 0 unspecified atom stereocenters. The molecule has 1 saturated carbocycles. The molecule has 5 nitrogen and oxygen atoms in total. The van der Waals surface area contributed by atoms with Crippen LogP contribution in [0.2, 0.25) is 0 Å². The molecule has 1 N–H and O–H groups in total. The molecule has 1 aliphatic carbocycles. The Bertz CT molecular complexity index is 1070. The standard InChI is InChI=1S/C30H37NO4/c1-20-17-21(2)26(22(3)18-20)27-28(33-19-23-7-5-4-6-8-23)30(35-29(27)32)13-9-24(10-14-30)34-25-11-15-31-16-12-25/h4-8,17-18,24-25,31H,9-16,19H2,1-3H3/t24-,30+. The quantitative estimate of drug-likeness (QED) is 0.556. The third-order valence-electron chi connectivity index (χ3n) is 7.70. The summed E-state index contributed by atoms with van der Waals surface area (Å²) >= 11 is 0. The Balaban J connectivity index is 1.44. The fourth-order valence-corrected chi connectivity index (χ4v) is 6.05. The van der Waals surface area contributed by atoms with E-state index >= 15 is 0 Å². The molecule has 0 aromatic heterocycles. The normalized spacial score (nSPS) is 25.2. The lowest BCUT2D eigenvalue weighted by molar-refractivity contribution is -0.155. The largest absolute Gasteiger partial charge is 0.488 e. The molecular weight excluding hydrogens is 438 g/mol. The lowest BCUT2D eigenvalue weighted by Crippen LogP contribution is -2.42. The predicted octanol–water partition coefficient (Wildman–Crippen LogP) is 5.55. The summed E-state index contributed by atoms with van der Waals surface area (Å²) in [5.74, 6) is 0.447. The second-order valence-electron chi connectivity index (χ2n) is 10.4. The van der Waals surface area contributed by atoms with Crippen molar-refractivity contribution in [2.45, 2.75) is 83.7 Å². The smallest absolute Gasteiger partial charge is 0.343 e. The highest BCUT2D eigenvalue weighted by Crippen LogP contribution is 2.49. The maximum Gasteiger partial charge on any atom is 0.343 e. The molecule has 0 amide bonds. The number of carbonyl (C=O) groups is 1. The van der Waals surface area contributed by atoms with Crippen LogP contribution in [0.5, 0.6) is 0 Å². The third-order valence-corrected chi connectivity index (χ3v) is 7.70. The van der Waals surface area contributed by atoms with E-state index in [9.17, 15) is 4.79 Å². The van der Waals surface area contributed by atoms with Crippen LogP contribution in [0.4, 0.5) is 0 Å². The van der Waals surface area contributed by atoms with E-state index in [0.717, 1.165) is 73.9 Å². The first-order valence-corrected chi connectivity index (χ1v) is 13.0. The van der Waals surface area contributed by atoms with Crippen LogP contribution in [-0.2, 0) is 25.6 Å². The summed E-state index contributed by atoms with van der Waals surface area (Å²) in [5, 5.41) is 3.40. The minimum atomic E-state index is -0.709. The first kappa shape index (κ1) is 24.1. The van der Waals surface area contributed by atoms with Crippen LogP contribution < -0.4 is 5.32 Å². The highest BCUT2D eigenvalue weighted by Gasteiger charge is 2.52. The molecule has 186 valence electrons. The molecule has 2 aliphatic heterocycles. The molecule has 5 rings (SSSR count). The first-order valence-electron chi connectivity index (χ1n) is 13.0. The van der Waals surface area contributed by atoms with Crippen LogP contribution in [0.1, 0.15) is 66.3 Å². The van der Waals surface area contributed by atoms with Gasteiger partial charge in [-0.3, -0.25) is 0 Å². The summed E-state index contributed by atoms with van der Waals surface area (Å²) in [6.07, 6.45) is 5.88. The highest BCUT2D eigenvalue weighted by atomic mass is 16.6. The van der Waals surface area contributed by atoms with E-state index in [4.69, 9.17) is 14.2 Å². The molecule has 5 heteroatoms. The predicted molar refractivity (Wildman–Crippen MR) is 137 cm³/mol. The topological polar surface area (TPSA) is 56.8 Å². The van der Waals surface area contributed by atoms with Crippen LogP contribution in [0.15, 0.2) is 48.2 Å². The molecule has 1 saturated heterocycles. The van der Waals surface area contributed by atoms with Gasteiger partial charge in [-0.25, -0.2) is 4.79 Å². The number of hydrogen-bond donors (Lipinski definition) is 1. The van der Waals surface area contributed by atoms with Gasteiger partial charge in [0.05, 0.1) is 12.2 Å². The second kappa shape index (κ2) is 10.2. The average molecular weight is 476 g/mol. The van der Waals surface area contributed by atoms with Gasteiger partial charge in [0.2, 0.25) is 0 Å². The van der Waals surface area contributed by atoms with Crippen LogP contribution in [0.25, 0.3) is 5.57 Å². The van der Waals surface area contributed by atoms with Gasteiger partial charge in [0, 0.05) is 0 Å². The number of esters is 1. The van der Waals surface area contributed by atoms with Crippen LogP contribution >= 0.6 is 0 Å². The van der Waals surface area contributed by atoms with Gasteiger partial charge in [-0.15, -0.1) is 0 Å². The Labute approximate surface area is 208 Å². The van der Waals surface area contributed by atoms with Gasteiger partial charge in [-0.1, -0.05) is 48.0 Å². The zero-order chi connectivity index (χ0) is 24.4. The van der Waals surface area contributed by atoms with E-state index in [2.05, 4.69) is 50.4 Å². The van der Waals surface area contributed by atoms with Crippen LogP contribution in [0.3, 0.4) is 0 Å². The molecule has 3 aliphatic rings. The van der Waals surface area contributed by atoms with Gasteiger partial charge in [-0.05, 0) is 94.6 Å². The molecule has 2 aromatic carbocycles. The van der Waals surface area contributed by atoms with Crippen molar-refractivity contribution in [3.05, 3.63) is 76.0 Å². The van der Waals surface area contributed by atoms with E-state index < -0.39 is 5.60 Å². The molecule has 2 heterocycles. The molecular formula is C30H37NO4. The Morgan fingerprint density at radius 3 is 2.23 bits per heavy atom. The lowest BCUT2D eigenvalue weighted by atomic mass is 9.80. The summed E-state index contributed by atoms with van der Waals surface area (Å²) in [6, 6.07) is 14.4. The lowest BCUT2D eigenvalue weighted by Gasteiger charge is -2.38. The Kier molecular flexibility index (Phi) is 6.99. The number of carbonyl (C=O) groups excluding carboxylic acids is 1. The van der Waals surface area contributed by atoms with Crippen LogP contribution in [0, 0.1) is 20.8 Å².